The number of hydrogen-bond acceptors (Lipinski definition) is 2. The molecule has 94 valence electrons. The smallest absolute Gasteiger partial charge is 0.126 e. The molecule has 1 saturated carbocycles. The summed E-state index contributed by atoms with van der Waals surface area (Å²) in [6, 6.07) is 3.04. The van der Waals surface area contributed by atoms with E-state index in [1.54, 1.807) is 7.11 Å². The van der Waals surface area contributed by atoms with Crippen molar-refractivity contribution in [2.75, 3.05) is 7.11 Å². The van der Waals surface area contributed by atoms with Crippen LogP contribution in [-0.4, -0.2) is 12.7 Å². The van der Waals surface area contributed by atoms with E-state index in [0.717, 1.165) is 25.3 Å². The lowest BCUT2D eigenvalue weighted by Gasteiger charge is -2.42. The first-order chi connectivity index (χ1) is 8.04. The molecule has 0 aliphatic heterocycles. The van der Waals surface area contributed by atoms with Crippen molar-refractivity contribution in [1.82, 2.24) is 0 Å². The first-order valence-corrected chi connectivity index (χ1v) is 5.81. The quantitative estimate of drug-likeness (QED) is 0.879. The van der Waals surface area contributed by atoms with Crippen LogP contribution in [0.4, 0.5) is 8.78 Å². The normalized spacial score (nSPS) is 19.8. The molecule has 2 rings (SSSR count). The van der Waals surface area contributed by atoms with Gasteiger partial charge in [-0.25, -0.2) is 8.78 Å². The van der Waals surface area contributed by atoms with E-state index in [9.17, 15) is 8.78 Å². The van der Waals surface area contributed by atoms with Gasteiger partial charge in [-0.3, -0.25) is 0 Å². The van der Waals surface area contributed by atoms with Gasteiger partial charge < -0.3 is 10.5 Å². The number of nitrogens with two attached hydrogens (primary N) is 1. The second-order valence-electron chi connectivity index (χ2n) is 4.75. The highest BCUT2D eigenvalue weighted by Gasteiger charge is 2.38. The van der Waals surface area contributed by atoms with Gasteiger partial charge in [0.05, 0.1) is 5.60 Å². The summed E-state index contributed by atoms with van der Waals surface area (Å²) in [5.41, 5.74) is 6.29. The fourth-order valence-electron chi connectivity index (χ4n) is 2.37. The van der Waals surface area contributed by atoms with Gasteiger partial charge in [0.15, 0.2) is 0 Å². The molecular formula is C13H17F2NO. The third-order valence-corrected chi connectivity index (χ3v) is 3.60. The highest BCUT2D eigenvalue weighted by molar-refractivity contribution is 5.21. The van der Waals surface area contributed by atoms with Crippen LogP contribution in [0.1, 0.15) is 37.3 Å². The molecule has 0 radical (unpaired) electrons. The van der Waals surface area contributed by atoms with Crippen molar-refractivity contribution in [3.63, 3.8) is 0 Å². The van der Waals surface area contributed by atoms with E-state index < -0.39 is 11.6 Å². The maximum absolute atomic E-state index is 13.1. The summed E-state index contributed by atoms with van der Waals surface area (Å²) in [4.78, 5) is 0. The summed E-state index contributed by atoms with van der Waals surface area (Å²) in [6.07, 6.45) is 3.66. The summed E-state index contributed by atoms with van der Waals surface area (Å²) >= 11 is 0. The molecule has 0 amide bonds. The Bertz CT molecular complexity index is 379. The minimum Gasteiger partial charge on any atom is -0.378 e. The van der Waals surface area contributed by atoms with E-state index in [2.05, 4.69) is 0 Å². The van der Waals surface area contributed by atoms with Gasteiger partial charge in [-0.1, -0.05) is 0 Å². The fourth-order valence-corrected chi connectivity index (χ4v) is 2.37. The van der Waals surface area contributed by atoms with E-state index in [0.29, 0.717) is 12.0 Å². The van der Waals surface area contributed by atoms with E-state index in [1.807, 2.05) is 0 Å². The molecule has 1 aliphatic carbocycles. The monoisotopic (exact) mass is 241 g/mol. The molecule has 1 unspecified atom stereocenters. The van der Waals surface area contributed by atoms with Crippen LogP contribution in [0.2, 0.25) is 0 Å². The first kappa shape index (κ1) is 12.5. The van der Waals surface area contributed by atoms with Gasteiger partial charge in [-0.15, -0.1) is 0 Å². The van der Waals surface area contributed by atoms with Crippen LogP contribution >= 0.6 is 0 Å². The molecule has 2 N–H and O–H groups in total. The van der Waals surface area contributed by atoms with Gasteiger partial charge in [-0.05, 0) is 43.4 Å². The molecule has 17 heavy (non-hydrogen) atoms. The molecule has 0 aromatic heterocycles. The largest absolute Gasteiger partial charge is 0.378 e. The zero-order valence-corrected chi connectivity index (χ0v) is 9.88. The van der Waals surface area contributed by atoms with Gasteiger partial charge in [-0.2, -0.15) is 0 Å². The number of benzene rings is 1. The van der Waals surface area contributed by atoms with Gasteiger partial charge in [0.2, 0.25) is 0 Å². The molecule has 1 aromatic carbocycles. The Balaban J connectivity index is 2.11. The van der Waals surface area contributed by atoms with Crippen molar-refractivity contribution < 1.29 is 13.5 Å². The van der Waals surface area contributed by atoms with Crippen molar-refractivity contribution in [2.45, 2.75) is 37.3 Å². The molecule has 2 nitrogen and oxygen atoms in total. The zero-order valence-electron chi connectivity index (χ0n) is 9.88. The maximum Gasteiger partial charge on any atom is 0.126 e. The molecule has 0 bridgehead atoms. The maximum atomic E-state index is 13.1. The van der Waals surface area contributed by atoms with Crippen molar-refractivity contribution >= 4 is 0 Å². The van der Waals surface area contributed by atoms with Crippen molar-refractivity contribution in [3.8, 4) is 0 Å². The molecule has 0 heterocycles. The topological polar surface area (TPSA) is 35.2 Å². The molecule has 1 atom stereocenters. The van der Waals surface area contributed by atoms with Crippen LogP contribution in [0, 0.1) is 11.6 Å². The SMILES string of the molecule is COC1(CC(N)c2cc(F)cc(F)c2)CCC1. The van der Waals surface area contributed by atoms with Crippen molar-refractivity contribution in [3.05, 3.63) is 35.4 Å². The second kappa shape index (κ2) is 4.70. The van der Waals surface area contributed by atoms with Crippen LogP contribution in [0.3, 0.4) is 0 Å². The molecule has 1 fully saturated rings. The standard InChI is InChI=1S/C13H17F2NO/c1-17-13(3-2-4-13)8-12(16)9-5-10(14)7-11(15)6-9/h5-7,12H,2-4,8,16H2,1H3. The predicted molar refractivity (Wildman–Crippen MR) is 61.5 cm³/mol. The highest BCUT2D eigenvalue weighted by Crippen LogP contribution is 2.41. The van der Waals surface area contributed by atoms with Crippen LogP contribution in [-0.2, 0) is 4.74 Å². The predicted octanol–water partition coefficient (Wildman–Crippen LogP) is 2.92. The lowest BCUT2D eigenvalue weighted by atomic mass is 9.75. The lowest BCUT2D eigenvalue weighted by Crippen LogP contribution is -2.41. The van der Waals surface area contributed by atoms with Crippen LogP contribution in [0.5, 0.6) is 0 Å². The average Bonchev–Trinajstić information content (AvgIpc) is 2.21. The molecule has 1 aromatic rings. The van der Waals surface area contributed by atoms with Crippen LogP contribution < -0.4 is 5.73 Å². The first-order valence-electron chi connectivity index (χ1n) is 5.81. The van der Waals surface area contributed by atoms with Crippen LogP contribution in [0.25, 0.3) is 0 Å². The lowest BCUT2D eigenvalue weighted by molar-refractivity contribution is -0.0817. The number of halogens is 2. The molecular weight excluding hydrogens is 224 g/mol. The molecule has 0 spiro atoms. The van der Waals surface area contributed by atoms with Gasteiger partial charge >= 0.3 is 0 Å². The second-order valence-corrected chi connectivity index (χ2v) is 4.75. The molecule has 0 saturated heterocycles. The molecule has 1 aliphatic rings. The summed E-state index contributed by atoms with van der Waals surface area (Å²) < 4.78 is 31.6. The van der Waals surface area contributed by atoms with Gasteiger partial charge in [0.1, 0.15) is 11.6 Å². The minimum atomic E-state index is -0.587. The highest BCUT2D eigenvalue weighted by atomic mass is 19.1. The zero-order chi connectivity index (χ0) is 12.5. The third kappa shape index (κ3) is 2.64. The third-order valence-electron chi connectivity index (χ3n) is 3.60. The molecule has 4 heteroatoms. The van der Waals surface area contributed by atoms with E-state index >= 15 is 0 Å². The average molecular weight is 241 g/mol. The summed E-state index contributed by atoms with van der Waals surface area (Å²) in [6.45, 7) is 0. The Kier molecular flexibility index (Phi) is 3.45. The Morgan fingerprint density at radius 1 is 1.29 bits per heavy atom. The van der Waals surface area contributed by atoms with Crippen LogP contribution in [0.15, 0.2) is 18.2 Å². The summed E-state index contributed by atoms with van der Waals surface area (Å²) in [5.74, 6) is -1.17. The van der Waals surface area contributed by atoms with E-state index in [1.165, 1.54) is 12.1 Å². The van der Waals surface area contributed by atoms with Gasteiger partial charge in [0, 0.05) is 19.2 Å². The van der Waals surface area contributed by atoms with Gasteiger partial charge in [0.25, 0.3) is 0 Å². The number of methoxy groups -OCH3 is 1. The summed E-state index contributed by atoms with van der Waals surface area (Å²) in [7, 11) is 1.66. The summed E-state index contributed by atoms with van der Waals surface area (Å²) in [5, 5.41) is 0. The van der Waals surface area contributed by atoms with E-state index in [4.69, 9.17) is 10.5 Å². The van der Waals surface area contributed by atoms with E-state index in [-0.39, 0.29) is 11.6 Å². The minimum absolute atomic E-state index is 0.192. The fraction of sp³-hybridized carbons (Fsp3) is 0.538. The Morgan fingerprint density at radius 3 is 2.29 bits per heavy atom. The van der Waals surface area contributed by atoms with Crippen molar-refractivity contribution in [1.29, 1.82) is 0 Å². The number of rotatable bonds is 4. The van der Waals surface area contributed by atoms with Crippen molar-refractivity contribution in [2.24, 2.45) is 5.73 Å². The number of ether oxygens (including phenoxy) is 1. The Hall–Kier alpha value is -1.00. The number of hydrogen-bond donors (Lipinski definition) is 1. The Morgan fingerprint density at radius 2 is 1.88 bits per heavy atom. The Labute approximate surface area is 99.8 Å².